The topological polar surface area (TPSA) is 159 Å². The lowest BCUT2D eigenvalue weighted by atomic mass is 10.1. The molecule has 2 rings (SSSR count). The van der Waals surface area contributed by atoms with Crippen molar-refractivity contribution in [1.29, 1.82) is 0 Å². The number of nitrogens with two attached hydrogens (primary N) is 2. The second-order valence-electron chi connectivity index (χ2n) is 8.11. The third-order valence-electron chi connectivity index (χ3n) is 5.88. The van der Waals surface area contributed by atoms with Crippen molar-refractivity contribution < 1.29 is 24.3 Å². The van der Waals surface area contributed by atoms with E-state index in [0.29, 0.717) is 58.2 Å². The van der Waals surface area contributed by atoms with Crippen molar-refractivity contribution in [3.63, 3.8) is 0 Å². The van der Waals surface area contributed by atoms with Crippen LogP contribution in [-0.4, -0.2) is 88.8 Å². The van der Waals surface area contributed by atoms with Gasteiger partial charge in [-0.05, 0) is 58.4 Å². The van der Waals surface area contributed by atoms with Crippen LogP contribution in [0, 0.1) is 0 Å². The van der Waals surface area contributed by atoms with E-state index in [4.69, 9.17) is 11.5 Å². The van der Waals surface area contributed by atoms with Crippen LogP contribution in [0.2, 0.25) is 0 Å². The zero-order valence-electron chi connectivity index (χ0n) is 17.6. The second kappa shape index (κ2) is 11.4. The summed E-state index contributed by atoms with van der Waals surface area (Å²) >= 11 is 0. The molecule has 0 saturated carbocycles. The Morgan fingerprint density at radius 2 is 1.83 bits per heavy atom. The van der Waals surface area contributed by atoms with E-state index in [1.807, 2.05) is 6.29 Å². The summed E-state index contributed by atoms with van der Waals surface area (Å²) < 4.78 is 0. The van der Waals surface area contributed by atoms with Crippen LogP contribution in [0.4, 0.5) is 0 Å². The monoisotopic (exact) mass is 424 g/mol. The maximum atomic E-state index is 13.3. The summed E-state index contributed by atoms with van der Waals surface area (Å²) in [6, 6.07) is -3.21. The lowest BCUT2D eigenvalue weighted by Gasteiger charge is -2.32. The Morgan fingerprint density at radius 1 is 1.17 bits per heavy atom. The van der Waals surface area contributed by atoms with Crippen molar-refractivity contribution in [2.24, 2.45) is 11.5 Å². The first kappa shape index (κ1) is 24.2. The molecule has 3 amide bonds. The van der Waals surface area contributed by atoms with Crippen molar-refractivity contribution in [3.8, 4) is 0 Å². The number of amides is 3. The lowest BCUT2D eigenvalue weighted by molar-refractivity contribution is -0.145. The highest BCUT2D eigenvalue weighted by Gasteiger charge is 2.42. The van der Waals surface area contributed by atoms with E-state index in [2.05, 4.69) is 5.32 Å². The first-order valence-electron chi connectivity index (χ1n) is 10.7. The van der Waals surface area contributed by atoms with E-state index in [1.165, 1.54) is 16.7 Å². The molecule has 2 fully saturated rings. The summed E-state index contributed by atoms with van der Waals surface area (Å²) in [5.41, 5.74) is 11.2. The quantitative estimate of drug-likeness (QED) is 0.307. The molecule has 0 aromatic carbocycles. The molecule has 2 aliphatic rings. The number of unbranched alkanes of at least 4 members (excludes halogenated alkanes) is 1. The fourth-order valence-corrected chi connectivity index (χ4v) is 4.07. The Balaban J connectivity index is 2.12. The Morgan fingerprint density at radius 3 is 2.47 bits per heavy atom. The molecule has 0 bridgehead atoms. The minimum atomic E-state index is -1.15. The highest BCUT2D eigenvalue weighted by Crippen LogP contribution is 2.25. The molecule has 6 N–H and O–H groups in total. The van der Waals surface area contributed by atoms with E-state index >= 15 is 0 Å². The van der Waals surface area contributed by atoms with Crippen LogP contribution in [0.3, 0.4) is 0 Å². The smallest absolute Gasteiger partial charge is 0.246 e. The van der Waals surface area contributed by atoms with Crippen LogP contribution in [0.5, 0.6) is 0 Å². The van der Waals surface area contributed by atoms with E-state index in [9.17, 15) is 24.3 Å². The molecule has 5 atom stereocenters. The molecular weight excluding hydrogens is 390 g/mol. The number of nitrogens with one attached hydrogen (secondary N) is 1. The number of hydrogen-bond donors (Lipinski definition) is 4. The van der Waals surface area contributed by atoms with E-state index in [0.717, 1.165) is 6.42 Å². The largest absolute Gasteiger partial charge is 0.391 e. The van der Waals surface area contributed by atoms with Gasteiger partial charge in [0.1, 0.15) is 18.1 Å². The molecule has 2 aliphatic heterocycles. The summed E-state index contributed by atoms with van der Waals surface area (Å²) in [4.78, 5) is 52.8. The van der Waals surface area contributed by atoms with Crippen molar-refractivity contribution >= 4 is 24.0 Å². The number of carbonyl (C=O) groups is 3. The Hall–Kier alpha value is -2.04. The van der Waals surface area contributed by atoms with Crippen LogP contribution in [0.25, 0.3) is 0 Å². The zero-order valence-corrected chi connectivity index (χ0v) is 17.6. The highest BCUT2D eigenvalue weighted by molar-refractivity contribution is 5.94. The normalized spacial score (nSPS) is 24.4. The summed E-state index contributed by atoms with van der Waals surface area (Å²) in [5.74, 6) is -1.20. The Bertz CT molecular complexity index is 629. The van der Waals surface area contributed by atoms with Crippen LogP contribution in [0.15, 0.2) is 0 Å². The molecule has 10 nitrogen and oxygen atoms in total. The summed E-state index contributed by atoms with van der Waals surface area (Å²) in [5, 5.41) is 12.2. The van der Waals surface area contributed by atoms with Gasteiger partial charge in [0.25, 0.3) is 0 Å². The van der Waals surface area contributed by atoms with Gasteiger partial charge < -0.3 is 31.7 Å². The van der Waals surface area contributed by atoms with Gasteiger partial charge in [-0.3, -0.25) is 19.2 Å². The van der Waals surface area contributed by atoms with Gasteiger partial charge in [-0.15, -0.1) is 0 Å². The van der Waals surface area contributed by atoms with Gasteiger partial charge in [-0.25, -0.2) is 0 Å². The predicted molar refractivity (Wildman–Crippen MR) is 110 cm³/mol. The van der Waals surface area contributed by atoms with Gasteiger partial charge >= 0.3 is 0 Å². The van der Waals surface area contributed by atoms with Crippen molar-refractivity contribution in [3.05, 3.63) is 0 Å². The van der Waals surface area contributed by atoms with Crippen LogP contribution < -0.4 is 16.8 Å². The van der Waals surface area contributed by atoms with Gasteiger partial charge in [-0.1, -0.05) is 0 Å². The number of nitrogens with zero attached hydrogens (tertiary/aromatic N) is 2. The van der Waals surface area contributed by atoms with Crippen molar-refractivity contribution in [2.75, 3.05) is 19.6 Å². The van der Waals surface area contributed by atoms with Gasteiger partial charge in [0.05, 0.1) is 12.1 Å². The first-order chi connectivity index (χ1) is 14.3. The average molecular weight is 425 g/mol. The summed E-state index contributed by atoms with van der Waals surface area (Å²) in [6.07, 6.45) is 5.04. The molecule has 0 spiro atoms. The minimum Gasteiger partial charge on any atom is -0.391 e. The molecular formula is C20H34N5O5. The summed E-state index contributed by atoms with van der Waals surface area (Å²) in [7, 11) is 0. The molecule has 2 saturated heterocycles. The van der Waals surface area contributed by atoms with Gasteiger partial charge in [0, 0.05) is 13.1 Å². The van der Waals surface area contributed by atoms with Crippen LogP contribution in [0.1, 0.15) is 51.9 Å². The van der Waals surface area contributed by atoms with Crippen LogP contribution >= 0.6 is 0 Å². The van der Waals surface area contributed by atoms with Crippen molar-refractivity contribution in [1.82, 2.24) is 15.1 Å². The number of rotatable bonds is 10. The third-order valence-corrected chi connectivity index (χ3v) is 5.88. The number of aliphatic hydroxyl groups excluding tert-OH is 1. The highest BCUT2D eigenvalue weighted by atomic mass is 16.3. The molecule has 169 valence electrons. The van der Waals surface area contributed by atoms with Gasteiger partial charge in [-0.2, -0.15) is 0 Å². The van der Waals surface area contributed by atoms with Crippen molar-refractivity contribution in [2.45, 2.75) is 82.1 Å². The molecule has 0 unspecified atom stereocenters. The van der Waals surface area contributed by atoms with Crippen LogP contribution in [-0.2, 0) is 19.2 Å². The number of aliphatic hydroxyl groups is 1. The van der Waals surface area contributed by atoms with Gasteiger partial charge in [0.2, 0.25) is 24.0 Å². The standard InChI is InChI=1S/C20H34N5O5/c1-13(27)17(22)18(28)23-15(7-2-3-9-21)19(29)25-11-5-8-16(25)20(30)24-10-4-6-14(24)12-26/h13-17,27H,2-11,21-22H2,1H3,(H,23,28)/t13-,14+,15+,16+,17+/m1/s1. The third kappa shape index (κ3) is 5.77. The fraction of sp³-hybridized carbons (Fsp3) is 0.800. The zero-order chi connectivity index (χ0) is 22.3. The molecule has 2 heterocycles. The number of carbonyl (C=O) groups excluding carboxylic acids is 4. The number of likely N-dealkylation sites (tertiary alicyclic amines) is 2. The van der Waals surface area contributed by atoms with Gasteiger partial charge in [0.15, 0.2) is 0 Å². The maximum Gasteiger partial charge on any atom is 0.246 e. The Labute approximate surface area is 177 Å². The molecule has 0 aliphatic carbocycles. The maximum absolute atomic E-state index is 13.3. The molecule has 1 radical (unpaired) electrons. The molecule has 0 aromatic heterocycles. The SMILES string of the molecule is C[C@@H](O)[C@H](N)C(=O)N[C@@H](CCCCN)C(=O)N1CCC[C@H]1C(=O)N1CCC[C@H]1[C]=O. The fourth-order valence-electron chi connectivity index (χ4n) is 4.07. The molecule has 0 aromatic rings. The predicted octanol–water partition coefficient (Wildman–Crippen LogP) is -1.60. The average Bonchev–Trinajstić information content (AvgIpc) is 3.40. The van der Waals surface area contributed by atoms with E-state index in [-0.39, 0.29) is 11.8 Å². The summed E-state index contributed by atoms with van der Waals surface area (Å²) in [6.45, 7) is 2.76. The Kier molecular flexibility index (Phi) is 9.19. The molecule has 10 heteroatoms. The van der Waals surface area contributed by atoms with E-state index < -0.39 is 36.2 Å². The molecule has 30 heavy (non-hydrogen) atoms. The van der Waals surface area contributed by atoms with E-state index in [1.54, 1.807) is 0 Å². The lowest BCUT2D eigenvalue weighted by Crippen LogP contribution is -2.57. The first-order valence-corrected chi connectivity index (χ1v) is 10.7. The second-order valence-corrected chi connectivity index (χ2v) is 8.11. The number of hydrogen-bond acceptors (Lipinski definition) is 7. The minimum absolute atomic E-state index is 0.237.